The molecule has 1 N–H and O–H groups in total. The van der Waals surface area contributed by atoms with Gasteiger partial charge in [-0.1, -0.05) is 17.7 Å². The SMILES string of the molecule is Cc1ccc(NC(=O)c2cnc3cc(C)nn3c2C)c(C)c1. The van der Waals surface area contributed by atoms with Crippen LogP contribution in [0.5, 0.6) is 0 Å². The van der Waals surface area contributed by atoms with Crippen LogP contribution in [-0.2, 0) is 0 Å². The first-order valence-corrected chi connectivity index (χ1v) is 7.16. The number of anilines is 1. The predicted octanol–water partition coefficient (Wildman–Crippen LogP) is 3.22. The number of fused-ring (bicyclic) bond motifs is 1. The lowest BCUT2D eigenvalue weighted by Gasteiger charge is -2.11. The molecule has 112 valence electrons. The Morgan fingerprint density at radius 2 is 1.91 bits per heavy atom. The third-order valence-corrected chi connectivity index (χ3v) is 3.72. The molecule has 3 rings (SSSR count). The monoisotopic (exact) mass is 294 g/mol. The lowest BCUT2D eigenvalue weighted by Crippen LogP contribution is -2.16. The molecule has 0 saturated heterocycles. The topological polar surface area (TPSA) is 59.3 Å². The molecule has 0 unspecified atom stereocenters. The molecule has 22 heavy (non-hydrogen) atoms. The van der Waals surface area contributed by atoms with E-state index in [0.717, 1.165) is 28.3 Å². The zero-order chi connectivity index (χ0) is 15.9. The number of benzene rings is 1. The predicted molar refractivity (Wildman–Crippen MR) is 86.3 cm³/mol. The average Bonchev–Trinajstić information content (AvgIpc) is 2.84. The first kappa shape index (κ1) is 14.3. The highest BCUT2D eigenvalue weighted by Gasteiger charge is 2.14. The highest BCUT2D eigenvalue weighted by Crippen LogP contribution is 2.18. The Morgan fingerprint density at radius 3 is 2.64 bits per heavy atom. The van der Waals surface area contributed by atoms with Crippen molar-refractivity contribution in [3.8, 4) is 0 Å². The Balaban J connectivity index is 1.96. The molecule has 0 aliphatic rings. The van der Waals surface area contributed by atoms with E-state index in [1.165, 1.54) is 5.56 Å². The maximum atomic E-state index is 12.5. The minimum Gasteiger partial charge on any atom is -0.322 e. The summed E-state index contributed by atoms with van der Waals surface area (Å²) in [6, 6.07) is 7.83. The van der Waals surface area contributed by atoms with E-state index < -0.39 is 0 Å². The van der Waals surface area contributed by atoms with E-state index >= 15 is 0 Å². The summed E-state index contributed by atoms with van der Waals surface area (Å²) in [4.78, 5) is 16.8. The zero-order valence-electron chi connectivity index (χ0n) is 13.1. The van der Waals surface area contributed by atoms with Crippen molar-refractivity contribution >= 4 is 17.2 Å². The van der Waals surface area contributed by atoms with Crippen LogP contribution in [0.15, 0.2) is 30.5 Å². The van der Waals surface area contributed by atoms with Gasteiger partial charge in [-0.05, 0) is 39.3 Å². The number of amides is 1. The fourth-order valence-electron chi connectivity index (χ4n) is 2.53. The summed E-state index contributed by atoms with van der Waals surface area (Å²) in [7, 11) is 0. The molecule has 2 aromatic heterocycles. The maximum Gasteiger partial charge on any atom is 0.259 e. The van der Waals surface area contributed by atoms with Crippen molar-refractivity contribution in [3.63, 3.8) is 0 Å². The van der Waals surface area contributed by atoms with Gasteiger partial charge in [-0.2, -0.15) is 5.10 Å². The molecule has 1 aromatic carbocycles. The van der Waals surface area contributed by atoms with Crippen molar-refractivity contribution < 1.29 is 4.79 Å². The van der Waals surface area contributed by atoms with Gasteiger partial charge in [-0.3, -0.25) is 4.79 Å². The van der Waals surface area contributed by atoms with Crippen LogP contribution in [0.3, 0.4) is 0 Å². The van der Waals surface area contributed by atoms with Crippen LogP contribution < -0.4 is 5.32 Å². The molecular weight excluding hydrogens is 276 g/mol. The Bertz CT molecular complexity index is 880. The van der Waals surface area contributed by atoms with E-state index in [9.17, 15) is 4.79 Å². The van der Waals surface area contributed by atoms with Crippen LogP contribution in [0.2, 0.25) is 0 Å². The molecule has 0 saturated carbocycles. The van der Waals surface area contributed by atoms with Crippen LogP contribution in [0.4, 0.5) is 5.69 Å². The van der Waals surface area contributed by atoms with Gasteiger partial charge in [0.15, 0.2) is 5.65 Å². The Labute approximate surface area is 129 Å². The molecule has 2 heterocycles. The maximum absolute atomic E-state index is 12.5. The van der Waals surface area contributed by atoms with E-state index in [2.05, 4.69) is 15.4 Å². The summed E-state index contributed by atoms with van der Waals surface area (Å²) < 4.78 is 1.70. The third kappa shape index (κ3) is 2.45. The molecule has 1 amide bonds. The van der Waals surface area contributed by atoms with Gasteiger partial charge < -0.3 is 5.32 Å². The molecule has 0 bridgehead atoms. The molecule has 0 fully saturated rings. The van der Waals surface area contributed by atoms with E-state index in [-0.39, 0.29) is 5.91 Å². The first-order valence-electron chi connectivity index (χ1n) is 7.16. The van der Waals surface area contributed by atoms with E-state index in [4.69, 9.17) is 0 Å². The smallest absolute Gasteiger partial charge is 0.259 e. The number of aromatic nitrogens is 3. The van der Waals surface area contributed by atoms with Crippen molar-refractivity contribution in [3.05, 3.63) is 58.5 Å². The molecule has 0 radical (unpaired) electrons. The fraction of sp³-hybridized carbons (Fsp3) is 0.235. The second-order valence-electron chi connectivity index (χ2n) is 5.59. The van der Waals surface area contributed by atoms with Gasteiger partial charge in [-0.15, -0.1) is 0 Å². The lowest BCUT2D eigenvalue weighted by atomic mass is 10.1. The second-order valence-corrected chi connectivity index (χ2v) is 5.59. The normalized spacial score (nSPS) is 10.9. The average molecular weight is 294 g/mol. The van der Waals surface area contributed by atoms with Crippen LogP contribution in [-0.4, -0.2) is 20.5 Å². The summed E-state index contributed by atoms with van der Waals surface area (Å²) in [6.45, 7) is 7.79. The minimum atomic E-state index is -0.174. The number of hydrogen-bond donors (Lipinski definition) is 1. The molecule has 0 atom stereocenters. The molecule has 0 aliphatic carbocycles. The van der Waals surface area contributed by atoms with Crippen LogP contribution >= 0.6 is 0 Å². The number of carbonyl (C=O) groups excluding carboxylic acids is 1. The number of rotatable bonds is 2. The number of aryl methyl sites for hydroxylation is 4. The number of carbonyl (C=O) groups is 1. The molecular formula is C17H18N4O. The van der Waals surface area contributed by atoms with Gasteiger partial charge in [0, 0.05) is 18.0 Å². The Kier molecular flexibility index (Phi) is 3.41. The number of nitrogens with zero attached hydrogens (tertiary/aromatic N) is 3. The minimum absolute atomic E-state index is 0.174. The van der Waals surface area contributed by atoms with Gasteiger partial charge in [-0.25, -0.2) is 9.50 Å². The quantitative estimate of drug-likeness (QED) is 0.789. The summed E-state index contributed by atoms with van der Waals surface area (Å²) >= 11 is 0. The highest BCUT2D eigenvalue weighted by molar-refractivity contribution is 6.05. The second kappa shape index (κ2) is 5.26. The van der Waals surface area contributed by atoms with Gasteiger partial charge in [0.2, 0.25) is 0 Å². The highest BCUT2D eigenvalue weighted by atomic mass is 16.1. The van der Waals surface area contributed by atoms with Crippen molar-refractivity contribution in [2.75, 3.05) is 5.32 Å². The standard InChI is InChI=1S/C17H18N4O/c1-10-5-6-15(11(2)7-10)19-17(22)14-9-18-16-8-12(3)20-21(16)13(14)4/h5-9H,1-4H3,(H,19,22). The van der Waals surface area contributed by atoms with E-state index in [1.54, 1.807) is 10.7 Å². The van der Waals surface area contributed by atoms with Crippen molar-refractivity contribution in [2.45, 2.75) is 27.7 Å². The van der Waals surface area contributed by atoms with Crippen molar-refractivity contribution in [2.24, 2.45) is 0 Å². The van der Waals surface area contributed by atoms with Crippen molar-refractivity contribution in [1.82, 2.24) is 14.6 Å². The van der Waals surface area contributed by atoms with Gasteiger partial charge >= 0.3 is 0 Å². The first-order chi connectivity index (χ1) is 10.5. The van der Waals surface area contributed by atoms with Gasteiger partial charge in [0.25, 0.3) is 5.91 Å². The fourth-order valence-corrected chi connectivity index (χ4v) is 2.53. The molecule has 3 aromatic rings. The molecule has 0 spiro atoms. The summed E-state index contributed by atoms with van der Waals surface area (Å²) in [5, 5.41) is 7.31. The molecule has 5 heteroatoms. The number of nitrogens with one attached hydrogen (secondary N) is 1. The van der Waals surface area contributed by atoms with Gasteiger partial charge in [0.05, 0.1) is 17.0 Å². The van der Waals surface area contributed by atoms with Crippen molar-refractivity contribution in [1.29, 1.82) is 0 Å². The number of hydrogen-bond acceptors (Lipinski definition) is 3. The van der Waals surface area contributed by atoms with Gasteiger partial charge in [0.1, 0.15) is 0 Å². The largest absolute Gasteiger partial charge is 0.322 e. The molecule has 5 nitrogen and oxygen atoms in total. The zero-order valence-corrected chi connectivity index (χ0v) is 13.1. The lowest BCUT2D eigenvalue weighted by molar-refractivity contribution is 0.102. The summed E-state index contributed by atoms with van der Waals surface area (Å²) in [5.74, 6) is -0.174. The van der Waals surface area contributed by atoms with E-state index in [0.29, 0.717) is 5.56 Å². The summed E-state index contributed by atoms with van der Waals surface area (Å²) in [5.41, 5.74) is 5.94. The summed E-state index contributed by atoms with van der Waals surface area (Å²) in [6.07, 6.45) is 1.60. The third-order valence-electron chi connectivity index (χ3n) is 3.72. The Hall–Kier alpha value is -2.69. The molecule has 0 aliphatic heterocycles. The van der Waals surface area contributed by atoms with Crippen LogP contribution in [0.25, 0.3) is 5.65 Å². The van der Waals surface area contributed by atoms with E-state index in [1.807, 2.05) is 52.0 Å². The van der Waals surface area contributed by atoms with Crippen LogP contribution in [0.1, 0.15) is 32.9 Å². The van der Waals surface area contributed by atoms with Crippen LogP contribution in [0, 0.1) is 27.7 Å². The Morgan fingerprint density at radius 1 is 1.14 bits per heavy atom.